The summed E-state index contributed by atoms with van der Waals surface area (Å²) in [6.45, 7) is 9.33. The average Bonchev–Trinajstić information content (AvgIpc) is 3.25. The van der Waals surface area contributed by atoms with E-state index in [1.807, 2.05) is 18.7 Å². The molecule has 0 unspecified atom stereocenters. The van der Waals surface area contributed by atoms with Crippen LogP contribution in [0.2, 0.25) is 0 Å². The highest BCUT2D eigenvalue weighted by Gasteiger charge is 2.21. The first-order valence-corrected chi connectivity index (χ1v) is 11.0. The van der Waals surface area contributed by atoms with Crippen molar-refractivity contribution in [2.75, 3.05) is 26.2 Å². The van der Waals surface area contributed by atoms with Crippen LogP contribution in [-0.2, 0) is 24.2 Å². The van der Waals surface area contributed by atoms with Crippen LogP contribution in [-0.4, -0.2) is 47.9 Å². The molecule has 2 aromatic heterocycles. The molecule has 0 fully saturated rings. The molecule has 0 atom stereocenters. The van der Waals surface area contributed by atoms with Crippen molar-refractivity contribution in [2.24, 2.45) is 4.99 Å². The highest BCUT2D eigenvalue weighted by molar-refractivity contribution is 14.0. The van der Waals surface area contributed by atoms with Crippen LogP contribution < -0.4 is 10.6 Å². The van der Waals surface area contributed by atoms with Gasteiger partial charge in [-0.15, -0.1) is 46.7 Å². The van der Waals surface area contributed by atoms with E-state index in [4.69, 9.17) is 0 Å². The zero-order valence-corrected chi connectivity index (χ0v) is 20.5. The summed E-state index contributed by atoms with van der Waals surface area (Å²) in [4.78, 5) is 26.2. The Hall–Kier alpha value is -1.20. The molecule has 3 heterocycles. The number of carbonyl (C=O) groups is 1. The van der Waals surface area contributed by atoms with Crippen molar-refractivity contribution in [3.8, 4) is 0 Å². The van der Waals surface area contributed by atoms with E-state index >= 15 is 0 Å². The van der Waals surface area contributed by atoms with Gasteiger partial charge in [0.2, 0.25) is 5.91 Å². The molecular weight excluding hydrogens is 505 g/mol. The fraction of sp³-hybridized carbons (Fsp3) is 0.526. The molecule has 3 rings (SSSR count). The Morgan fingerprint density at radius 2 is 2.18 bits per heavy atom. The van der Waals surface area contributed by atoms with Crippen LogP contribution in [0.1, 0.15) is 32.9 Å². The summed E-state index contributed by atoms with van der Waals surface area (Å²) in [6, 6.07) is 2.12. The van der Waals surface area contributed by atoms with Crippen LogP contribution in [0.15, 0.2) is 16.4 Å². The second kappa shape index (κ2) is 11.1. The Morgan fingerprint density at radius 3 is 2.89 bits per heavy atom. The minimum Gasteiger partial charge on any atom is -0.357 e. The number of thiazole rings is 1. The number of nitrogens with one attached hydrogen (secondary N) is 2. The maximum absolute atomic E-state index is 12.5. The molecule has 1 aliphatic rings. The molecule has 154 valence electrons. The lowest BCUT2D eigenvalue weighted by Crippen LogP contribution is -2.40. The molecule has 0 radical (unpaired) electrons. The summed E-state index contributed by atoms with van der Waals surface area (Å²) in [5.41, 5.74) is 2.39. The van der Waals surface area contributed by atoms with Gasteiger partial charge in [-0.3, -0.25) is 4.79 Å². The lowest BCUT2D eigenvalue weighted by Gasteiger charge is -2.26. The van der Waals surface area contributed by atoms with Crippen molar-refractivity contribution < 1.29 is 4.79 Å². The number of fused-ring (bicyclic) bond motifs is 1. The fourth-order valence-electron chi connectivity index (χ4n) is 2.98. The van der Waals surface area contributed by atoms with Gasteiger partial charge in [0.15, 0.2) is 5.96 Å². The topological polar surface area (TPSA) is 69.6 Å². The van der Waals surface area contributed by atoms with Crippen molar-refractivity contribution in [3.63, 3.8) is 0 Å². The van der Waals surface area contributed by atoms with Gasteiger partial charge in [0, 0.05) is 42.4 Å². The van der Waals surface area contributed by atoms with Gasteiger partial charge in [0.05, 0.1) is 10.7 Å². The van der Waals surface area contributed by atoms with E-state index in [1.54, 1.807) is 22.7 Å². The molecule has 0 spiro atoms. The van der Waals surface area contributed by atoms with Gasteiger partial charge in [-0.25, -0.2) is 9.98 Å². The van der Waals surface area contributed by atoms with E-state index < -0.39 is 0 Å². The molecule has 28 heavy (non-hydrogen) atoms. The lowest BCUT2D eigenvalue weighted by molar-refractivity contribution is -0.130. The minimum absolute atomic E-state index is 0. The first-order chi connectivity index (χ1) is 13.1. The number of aliphatic imine (C=N–C) groups is 1. The van der Waals surface area contributed by atoms with Gasteiger partial charge >= 0.3 is 0 Å². The molecule has 1 amide bonds. The Balaban J connectivity index is 0.00000280. The van der Waals surface area contributed by atoms with E-state index in [0.717, 1.165) is 43.2 Å². The predicted molar refractivity (Wildman–Crippen MR) is 128 cm³/mol. The number of guanidine groups is 1. The molecule has 0 saturated carbocycles. The van der Waals surface area contributed by atoms with Crippen molar-refractivity contribution in [2.45, 2.75) is 40.2 Å². The second-order valence-electron chi connectivity index (χ2n) is 6.56. The zero-order valence-electron chi connectivity index (χ0n) is 16.6. The van der Waals surface area contributed by atoms with Gasteiger partial charge in [-0.1, -0.05) is 0 Å². The molecular formula is C19H28IN5OS2. The molecule has 6 nitrogen and oxygen atoms in total. The van der Waals surface area contributed by atoms with Gasteiger partial charge in [0.1, 0.15) is 6.54 Å². The van der Waals surface area contributed by atoms with Crippen molar-refractivity contribution in [3.05, 3.63) is 37.5 Å². The number of carbonyl (C=O) groups excluding carboxylic acids is 1. The first-order valence-electron chi connectivity index (χ1n) is 9.35. The van der Waals surface area contributed by atoms with Gasteiger partial charge in [-0.2, -0.15) is 0 Å². The van der Waals surface area contributed by atoms with Crippen molar-refractivity contribution in [1.82, 2.24) is 20.5 Å². The van der Waals surface area contributed by atoms with Gasteiger partial charge < -0.3 is 15.5 Å². The Labute approximate surface area is 191 Å². The summed E-state index contributed by atoms with van der Waals surface area (Å²) >= 11 is 3.52. The highest BCUT2D eigenvalue weighted by atomic mass is 127. The summed E-state index contributed by atoms with van der Waals surface area (Å²) in [5.74, 6) is 0.763. The molecule has 0 aliphatic carbocycles. The van der Waals surface area contributed by atoms with Gasteiger partial charge in [0.25, 0.3) is 0 Å². The smallest absolute Gasteiger partial charge is 0.244 e. The minimum atomic E-state index is 0. The number of aryl methyl sites for hydroxylation is 2. The van der Waals surface area contributed by atoms with Crippen LogP contribution in [0, 0.1) is 13.8 Å². The van der Waals surface area contributed by atoms with Crippen LogP contribution >= 0.6 is 46.7 Å². The van der Waals surface area contributed by atoms with Crippen LogP contribution in [0.4, 0.5) is 0 Å². The number of amides is 1. The molecule has 0 bridgehead atoms. The van der Waals surface area contributed by atoms with E-state index in [9.17, 15) is 4.79 Å². The molecule has 0 aromatic carbocycles. The second-order valence-corrected chi connectivity index (χ2v) is 8.84. The predicted octanol–water partition coefficient (Wildman–Crippen LogP) is 3.12. The standard InChI is InChI=1S/C19H27N5OS2.HI/c1-4-20-19(21-8-5-17-23-13(2)14(3)27-17)22-11-18(25)24-9-6-16-15(12-24)7-10-26-16;/h7,10H,4-6,8-9,11-12H2,1-3H3,(H2,20,21,22);1H. The number of nitrogens with zero attached hydrogens (tertiary/aromatic N) is 3. The average molecular weight is 534 g/mol. The highest BCUT2D eigenvalue weighted by Crippen LogP contribution is 2.23. The van der Waals surface area contributed by atoms with Crippen molar-refractivity contribution in [1.29, 1.82) is 0 Å². The van der Waals surface area contributed by atoms with Crippen LogP contribution in [0.5, 0.6) is 0 Å². The first kappa shape index (κ1) is 23.1. The Kier molecular flexibility index (Phi) is 9.16. The number of hydrogen-bond acceptors (Lipinski definition) is 5. The molecule has 0 saturated heterocycles. The van der Waals surface area contributed by atoms with Gasteiger partial charge in [-0.05, 0) is 44.2 Å². The third-order valence-electron chi connectivity index (χ3n) is 4.58. The lowest BCUT2D eigenvalue weighted by atomic mass is 10.1. The Morgan fingerprint density at radius 1 is 1.36 bits per heavy atom. The fourth-order valence-corrected chi connectivity index (χ4v) is 4.81. The van der Waals surface area contributed by atoms with E-state index in [2.05, 4.69) is 39.0 Å². The normalized spacial score (nSPS) is 13.7. The number of thiophene rings is 1. The summed E-state index contributed by atoms with van der Waals surface area (Å²) in [5, 5.41) is 9.75. The number of halogens is 1. The number of aromatic nitrogens is 1. The summed E-state index contributed by atoms with van der Waals surface area (Å²) < 4.78 is 0. The van der Waals surface area contributed by atoms with Crippen molar-refractivity contribution >= 4 is 58.5 Å². The molecule has 2 N–H and O–H groups in total. The number of rotatable bonds is 6. The van der Waals surface area contributed by atoms with E-state index in [0.29, 0.717) is 12.5 Å². The maximum atomic E-state index is 12.5. The SMILES string of the molecule is CCNC(=NCC(=O)N1CCc2sccc2C1)NCCc1nc(C)c(C)s1.I. The molecule has 2 aromatic rings. The summed E-state index contributed by atoms with van der Waals surface area (Å²) in [6.07, 6.45) is 1.80. The number of hydrogen-bond donors (Lipinski definition) is 2. The molecule has 1 aliphatic heterocycles. The quantitative estimate of drug-likeness (QED) is 0.340. The monoisotopic (exact) mass is 533 g/mol. The largest absolute Gasteiger partial charge is 0.357 e. The third kappa shape index (κ3) is 6.15. The van der Waals surface area contributed by atoms with E-state index in [1.165, 1.54) is 15.3 Å². The third-order valence-corrected chi connectivity index (χ3v) is 6.74. The van der Waals surface area contributed by atoms with Crippen LogP contribution in [0.3, 0.4) is 0 Å². The van der Waals surface area contributed by atoms with Crippen LogP contribution in [0.25, 0.3) is 0 Å². The molecule has 9 heteroatoms. The zero-order chi connectivity index (χ0) is 19.2. The van der Waals surface area contributed by atoms with E-state index in [-0.39, 0.29) is 36.4 Å². The maximum Gasteiger partial charge on any atom is 0.244 e. The Bertz CT molecular complexity index is 798. The summed E-state index contributed by atoms with van der Waals surface area (Å²) in [7, 11) is 0.